The lowest BCUT2D eigenvalue weighted by atomic mass is 9.99. The fraction of sp³-hybridized carbons (Fsp3) is 0.375. The molecule has 0 spiro atoms. The Kier molecular flexibility index (Phi) is 4.87. The van der Waals surface area contributed by atoms with Gasteiger partial charge in [-0.3, -0.25) is 9.98 Å². The number of hydrogen-bond donors (Lipinski definition) is 1. The Labute approximate surface area is 176 Å². The molecule has 0 unspecified atom stereocenters. The van der Waals surface area contributed by atoms with Gasteiger partial charge < -0.3 is 14.6 Å². The normalized spacial score (nSPS) is 17.6. The third-order valence-electron chi connectivity index (χ3n) is 6.21. The van der Waals surface area contributed by atoms with Crippen molar-refractivity contribution < 1.29 is 4.74 Å². The van der Waals surface area contributed by atoms with E-state index in [4.69, 9.17) is 19.7 Å². The second-order valence-electron chi connectivity index (χ2n) is 8.07. The maximum Gasteiger partial charge on any atom is 0.205 e. The van der Waals surface area contributed by atoms with Crippen LogP contribution in [0.5, 0.6) is 0 Å². The molecule has 30 heavy (non-hydrogen) atoms. The van der Waals surface area contributed by atoms with E-state index >= 15 is 0 Å². The van der Waals surface area contributed by atoms with Crippen molar-refractivity contribution in [2.24, 2.45) is 4.99 Å². The van der Waals surface area contributed by atoms with Gasteiger partial charge in [-0.05, 0) is 55.5 Å². The Morgan fingerprint density at radius 3 is 3.00 bits per heavy atom. The minimum Gasteiger partial charge on any atom is -0.377 e. The van der Waals surface area contributed by atoms with Gasteiger partial charge in [0.05, 0.1) is 36.7 Å². The number of nitrogens with one attached hydrogen (secondary N) is 1. The Morgan fingerprint density at radius 1 is 1.27 bits per heavy atom. The van der Waals surface area contributed by atoms with Crippen molar-refractivity contribution in [3.05, 3.63) is 64.4 Å². The average Bonchev–Trinajstić information content (AvgIpc) is 3.24. The number of benzene rings is 1. The summed E-state index contributed by atoms with van der Waals surface area (Å²) in [7, 11) is 0. The van der Waals surface area contributed by atoms with Crippen LogP contribution in [0.3, 0.4) is 0 Å². The highest BCUT2D eigenvalue weighted by molar-refractivity contribution is 5.82. The highest BCUT2D eigenvalue weighted by atomic mass is 16.5. The van der Waals surface area contributed by atoms with Crippen LogP contribution in [0.2, 0.25) is 0 Å². The minimum atomic E-state index is 0.0176. The molecule has 2 aromatic heterocycles. The number of rotatable bonds is 3. The van der Waals surface area contributed by atoms with Gasteiger partial charge in [0.2, 0.25) is 5.95 Å². The molecular formula is C24H27N5O. The van der Waals surface area contributed by atoms with Crippen LogP contribution in [-0.4, -0.2) is 34.3 Å². The molecule has 0 amide bonds. The Hall–Kier alpha value is -2.99. The first kappa shape index (κ1) is 19.0. The Morgan fingerprint density at radius 2 is 2.17 bits per heavy atom. The molecule has 0 radical (unpaired) electrons. The van der Waals surface area contributed by atoms with Gasteiger partial charge in [-0.15, -0.1) is 0 Å². The summed E-state index contributed by atoms with van der Waals surface area (Å²) in [6.45, 7) is 9.62. The van der Waals surface area contributed by atoms with E-state index < -0.39 is 0 Å². The first-order valence-corrected chi connectivity index (χ1v) is 10.6. The summed E-state index contributed by atoms with van der Waals surface area (Å²) in [4.78, 5) is 14.8. The van der Waals surface area contributed by atoms with Crippen LogP contribution in [-0.2, 0) is 11.3 Å². The van der Waals surface area contributed by atoms with Crippen LogP contribution < -0.4 is 10.8 Å². The highest BCUT2D eigenvalue weighted by Crippen LogP contribution is 2.26. The van der Waals surface area contributed by atoms with Crippen LogP contribution in [0.4, 0.5) is 5.95 Å². The molecule has 2 aliphatic heterocycles. The molecule has 0 fully saturated rings. The smallest absolute Gasteiger partial charge is 0.205 e. The van der Waals surface area contributed by atoms with Crippen molar-refractivity contribution in [2.45, 2.75) is 39.8 Å². The van der Waals surface area contributed by atoms with E-state index in [0.29, 0.717) is 6.61 Å². The highest BCUT2D eigenvalue weighted by Gasteiger charge is 2.18. The maximum absolute atomic E-state index is 5.47. The van der Waals surface area contributed by atoms with E-state index in [1.165, 1.54) is 22.3 Å². The summed E-state index contributed by atoms with van der Waals surface area (Å²) in [5.41, 5.74) is 7.91. The lowest BCUT2D eigenvalue weighted by Gasteiger charge is -2.15. The minimum absolute atomic E-state index is 0.0176. The molecule has 0 saturated heterocycles. The van der Waals surface area contributed by atoms with Crippen LogP contribution in [0.1, 0.15) is 41.8 Å². The van der Waals surface area contributed by atoms with E-state index in [1.807, 2.05) is 6.20 Å². The summed E-state index contributed by atoms with van der Waals surface area (Å²) < 4.78 is 7.67. The van der Waals surface area contributed by atoms with Crippen molar-refractivity contribution >= 4 is 22.4 Å². The molecule has 5 rings (SSSR count). The molecular weight excluding hydrogens is 374 g/mol. The number of hydrogen-bond acceptors (Lipinski definition) is 5. The number of aromatic nitrogens is 3. The fourth-order valence-corrected chi connectivity index (χ4v) is 4.33. The first-order valence-electron chi connectivity index (χ1n) is 10.6. The molecule has 154 valence electrons. The van der Waals surface area contributed by atoms with Crippen LogP contribution >= 0.6 is 0 Å². The zero-order chi connectivity index (χ0) is 20.7. The number of nitrogens with zero attached hydrogens (tertiary/aromatic N) is 4. The second kappa shape index (κ2) is 7.69. The summed E-state index contributed by atoms with van der Waals surface area (Å²) >= 11 is 0. The van der Waals surface area contributed by atoms with Crippen molar-refractivity contribution in [1.82, 2.24) is 14.5 Å². The number of pyridine rings is 1. The molecule has 4 heterocycles. The number of anilines is 1. The first-order chi connectivity index (χ1) is 14.6. The molecule has 0 saturated carbocycles. The number of ether oxygens (including phenoxy) is 1. The Bertz CT molecular complexity index is 1220. The van der Waals surface area contributed by atoms with Gasteiger partial charge in [0.1, 0.15) is 0 Å². The molecule has 2 aliphatic rings. The molecule has 0 bridgehead atoms. The molecule has 6 nitrogen and oxygen atoms in total. The van der Waals surface area contributed by atoms with Gasteiger partial charge in [0.15, 0.2) is 5.49 Å². The molecule has 1 aromatic carbocycles. The van der Waals surface area contributed by atoms with Crippen molar-refractivity contribution in [1.29, 1.82) is 0 Å². The molecule has 3 aromatic rings. The summed E-state index contributed by atoms with van der Waals surface area (Å²) in [6, 6.07) is 8.59. The number of fused-ring (bicyclic) bond motifs is 3. The van der Waals surface area contributed by atoms with E-state index in [1.54, 1.807) is 0 Å². The lowest BCUT2D eigenvalue weighted by Crippen LogP contribution is -2.17. The van der Waals surface area contributed by atoms with Gasteiger partial charge >= 0.3 is 0 Å². The van der Waals surface area contributed by atoms with E-state index in [9.17, 15) is 0 Å². The zero-order valence-corrected chi connectivity index (χ0v) is 17.8. The van der Waals surface area contributed by atoms with Crippen molar-refractivity contribution in [2.75, 3.05) is 25.1 Å². The SMILES string of the molecule is Cc1cccc([C@@H](C)N=c2nc3n(c4cnc(C5=CCOCC5)cc24)CCN3)c1C. The van der Waals surface area contributed by atoms with Crippen LogP contribution in [0.25, 0.3) is 16.5 Å². The predicted molar refractivity (Wildman–Crippen MR) is 119 cm³/mol. The van der Waals surface area contributed by atoms with Gasteiger partial charge in [0.25, 0.3) is 0 Å². The van der Waals surface area contributed by atoms with Crippen LogP contribution in [0, 0.1) is 13.8 Å². The van der Waals surface area contributed by atoms with Gasteiger partial charge in [0, 0.05) is 18.5 Å². The monoisotopic (exact) mass is 401 g/mol. The third-order valence-corrected chi connectivity index (χ3v) is 6.21. The quantitative estimate of drug-likeness (QED) is 0.722. The lowest BCUT2D eigenvalue weighted by molar-refractivity contribution is 0.161. The summed E-state index contributed by atoms with van der Waals surface area (Å²) in [5.74, 6) is 0.870. The number of aryl methyl sites for hydroxylation is 1. The Balaban J connectivity index is 1.70. The predicted octanol–water partition coefficient (Wildman–Crippen LogP) is 3.94. The standard InChI is InChI=1S/C24H27N5O/c1-15-5-4-6-19(16(15)2)17(3)27-23-20-13-21(18-7-11-30-12-8-18)26-14-22(20)29-10-9-25-24(29)28-23/h4-7,13-14,17H,8-12H2,1-3H3,(H,25,27,28)/t17-/m1/s1. The molecule has 1 N–H and O–H groups in total. The van der Waals surface area contributed by atoms with Crippen molar-refractivity contribution in [3.8, 4) is 0 Å². The van der Waals surface area contributed by atoms with Gasteiger partial charge in [-0.1, -0.05) is 24.3 Å². The molecule has 6 heteroatoms. The van der Waals surface area contributed by atoms with E-state index in [2.05, 4.69) is 61.0 Å². The van der Waals surface area contributed by atoms with Gasteiger partial charge in [-0.25, -0.2) is 0 Å². The van der Waals surface area contributed by atoms with Gasteiger partial charge in [-0.2, -0.15) is 4.98 Å². The summed E-state index contributed by atoms with van der Waals surface area (Å²) in [6.07, 6.45) is 4.99. The topological polar surface area (TPSA) is 64.3 Å². The van der Waals surface area contributed by atoms with Crippen molar-refractivity contribution in [3.63, 3.8) is 0 Å². The maximum atomic E-state index is 5.47. The largest absolute Gasteiger partial charge is 0.377 e. The molecule has 0 aliphatic carbocycles. The fourth-order valence-electron chi connectivity index (χ4n) is 4.33. The van der Waals surface area contributed by atoms with Crippen LogP contribution in [0.15, 0.2) is 41.5 Å². The molecule has 1 atom stereocenters. The third kappa shape index (κ3) is 3.31. The zero-order valence-electron chi connectivity index (χ0n) is 17.8. The second-order valence-corrected chi connectivity index (χ2v) is 8.07. The van der Waals surface area contributed by atoms with E-state index in [-0.39, 0.29) is 6.04 Å². The van der Waals surface area contributed by atoms with E-state index in [0.717, 1.165) is 54.2 Å². The average molecular weight is 402 g/mol. The summed E-state index contributed by atoms with van der Waals surface area (Å²) in [5, 5.41) is 4.43.